The molecule has 0 fully saturated rings. The maximum absolute atomic E-state index is 9.47. The molecule has 1 aromatic heterocycles. The van der Waals surface area contributed by atoms with E-state index in [0.29, 0.717) is 11.8 Å². The minimum absolute atomic E-state index is 0.0315. The summed E-state index contributed by atoms with van der Waals surface area (Å²) in [6, 6.07) is 12.9. The van der Waals surface area contributed by atoms with E-state index in [2.05, 4.69) is 69.9 Å². The van der Waals surface area contributed by atoms with Gasteiger partial charge in [-0.25, -0.2) is 0 Å². The van der Waals surface area contributed by atoms with Crippen LogP contribution in [-0.4, -0.2) is 12.1 Å². The molecular formula is C28H32N2O. The van der Waals surface area contributed by atoms with E-state index in [1.54, 1.807) is 7.11 Å². The maximum atomic E-state index is 9.47. The first-order valence-corrected chi connectivity index (χ1v) is 11.5. The van der Waals surface area contributed by atoms with Gasteiger partial charge in [-0.15, -0.1) is 0 Å². The number of aromatic nitrogens is 1. The molecule has 0 bridgehead atoms. The second kappa shape index (κ2) is 6.63. The molecule has 0 amide bonds. The van der Waals surface area contributed by atoms with Crippen LogP contribution in [0.1, 0.15) is 80.5 Å². The molecule has 2 aliphatic carbocycles. The fraction of sp³-hybridized carbons (Fsp3) is 0.464. The number of hydrogen-bond donors (Lipinski definition) is 1. The molecular weight excluding hydrogens is 380 g/mol. The molecule has 160 valence electrons. The van der Waals surface area contributed by atoms with Crippen LogP contribution < -0.4 is 4.74 Å². The molecule has 0 saturated carbocycles. The van der Waals surface area contributed by atoms with Crippen molar-refractivity contribution < 1.29 is 4.74 Å². The summed E-state index contributed by atoms with van der Waals surface area (Å²) in [6.07, 6.45) is 3.29. The molecule has 2 aromatic carbocycles. The van der Waals surface area contributed by atoms with Gasteiger partial charge < -0.3 is 9.72 Å². The van der Waals surface area contributed by atoms with Gasteiger partial charge in [0, 0.05) is 33.0 Å². The Morgan fingerprint density at radius 3 is 2.58 bits per heavy atom. The van der Waals surface area contributed by atoms with Crippen LogP contribution in [0.15, 0.2) is 30.3 Å². The quantitative estimate of drug-likeness (QED) is 0.520. The first kappa shape index (κ1) is 20.2. The van der Waals surface area contributed by atoms with Crippen molar-refractivity contribution in [1.82, 2.24) is 4.98 Å². The molecule has 0 saturated heterocycles. The van der Waals surface area contributed by atoms with Crippen molar-refractivity contribution in [3.05, 3.63) is 63.8 Å². The third-order valence-corrected chi connectivity index (χ3v) is 8.28. The predicted octanol–water partition coefficient (Wildman–Crippen LogP) is 6.53. The van der Waals surface area contributed by atoms with Crippen LogP contribution >= 0.6 is 0 Å². The number of methoxy groups -OCH3 is 1. The number of nitriles is 1. The Labute approximate surface area is 185 Å². The molecule has 0 radical (unpaired) electrons. The van der Waals surface area contributed by atoms with Gasteiger partial charge in [0.05, 0.1) is 18.7 Å². The van der Waals surface area contributed by atoms with E-state index in [1.807, 2.05) is 6.07 Å². The van der Waals surface area contributed by atoms with E-state index in [9.17, 15) is 5.26 Å². The zero-order valence-electron chi connectivity index (χ0n) is 19.5. The highest BCUT2D eigenvalue weighted by molar-refractivity contribution is 5.87. The van der Waals surface area contributed by atoms with Crippen LogP contribution in [0.5, 0.6) is 5.75 Å². The third kappa shape index (κ3) is 2.64. The largest absolute Gasteiger partial charge is 0.496 e. The summed E-state index contributed by atoms with van der Waals surface area (Å²) >= 11 is 0. The second-order valence-electron chi connectivity index (χ2n) is 10.6. The first-order chi connectivity index (χ1) is 14.7. The predicted molar refractivity (Wildman–Crippen MR) is 126 cm³/mol. The van der Waals surface area contributed by atoms with Crippen LogP contribution in [0, 0.1) is 17.2 Å². The molecule has 2 atom stereocenters. The number of benzene rings is 2. The lowest BCUT2D eigenvalue weighted by Gasteiger charge is -2.54. The molecule has 0 unspecified atom stereocenters. The van der Waals surface area contributed by atoms with Gasteiger partial charge in [-0.2, -0.15) is 5.26 Å². The fourth-order valence-electron chi connectivity index (χ4n) is 7.02. The number of aromatic amines is 1. The van der Waals surface area contributed by atoms with E-state index >= 15 is 0 Å². The number of hydrogen-bond acceptors (Lipinski definition) is 2. The molecule has 3 aromatic rings. The van der Waals surface area contributed by atoms with Crippen molar-refractivity contribution in [2.45, 2.75) is 70.6 Å². The summed E-state index contributed by atoms with van der Waals surface area (Å²) in [7, 11) is 1.79. The number of ether oxygens (including phenoxy) is 1. The van der Waals surface area contributed by atoms with Crippen LogP contribution in [0.4, 0.5) is 0 Å². The van der Waals surface area contributed by atoms with Crippen LogP contribution in [0.25, 0.3) is 10.9 Å². The van der Waals surface area contributed by atoms with E-state index in [4.69, 9.17) is 4.74 Å². The summed E-state index contributed by atoms with van der Waals surface area (Å²) in [5.41, 5.74) is 9.11. The van der Waals surface area contributed by atoms with Gasteiger partial charge in [-0.3, -0.25) is 0 Å². The Bertz CT molecular complexity index is 1240. The monoisotopic (exact) mass is 412 g/mol. The molecule has 3 heteroatoms. The molecule has 0 aliphatic heterocycles. The molecule has 1 heterocycles. The Morgan fingerprint density at radius 2 is 1.90 bits per heavy atom. The lowest BCUT2D eigenvalue weighted by molar-refractivity contribution is 0.137. The SMILES string of the molecule is COc1ccc2c(c1C(C)C)CC[C@H]1C(C)(C)c3[nH]c4ccc(C#N)cc4c3C[C@]21C. The van der Waals surface area contributed by atoms with Crippen LogP contribution in [-0.2, 0) is 23.7 Å². The van der Waals surface area contributed by atoms with E-state index in [-0.39, 0.29) is 10.8 Å². The molecule has 31 heavy (non-hydrogen) atoms. The number of nitrogens with one attached hydrogen (secondary N) is 1. The molecule has 5 rings (SSSR count). The van der Waals surface area contributed by atoms with Crippen molar-refractivity contribution in [1.29, 1.82) is 5.26 Å². The normalized spacial score (nSPS) is 23.7. The Morgan fingerprint density at radius 1 is 1.13 bits per heavy atom. The lowest BCUT2D eigenvalue weighted by Crippen LogP contribution is -2.51. The van der Waals surface area contributed by atoms with Gasteiger partial charge in [0.25, 0.3) is 0 Å². The van der Waals surface area contributed by atoms with Gasteiger partial charge in [0.1, 0.15) is 5.75 Å². The highest BCUT2D eigenvalue weighted by Gasteiger charge is 2.53. The molecule has 0 spiro atoms. The van der Waals surface area contributed by atoms with E-state index in [1.165, 1.54) is 39.8 Å². The minimum atomic E-state index is 0.0315. The molecule has 1 N–H and O–H groups in total. The van der Waals surface area contributed by atoms with Crippen molar-refractivity contribution in [2.24, 2.45) is 5.92 Å². The van der Waals surface area contributed by atoms with Crippen molar-refractivity contribution in [3.63, 3.8) is 0 Å². The van der Waals surface area contributed by atoms with E-state index < -0.39 is 0 Å². The summed E-state index contributed by atoms with van der Waals surface area (Å²) in [5, 5.41) is 10.7. The Balaban J connectivity index is 1.77. The highest BCUT2D eigenvalue weighted by atomic mass is 16.5. The van der Waals surface area contributed by atoms with Crippen molar-refractivity contribution >= 4 is 10.9 Å². The fourth-order valence-corrected chi connectivity index (χ4v) is 7.02. The average molecular weight is 413 g/mol. The molecule has 2 aliphatic rings. The number of nitrogens with zero attached hydrogens (tertiary/aromatic N) is 1. The summed E-state index contributed by atoms with van der Waals surface area (Å²) in [6.45, 7) is 11.8. The minimum Gasteiger partial charge on any atom is -0.496 e. The van der Waals surface area contributed by atoms with Gasteiger partial charge in [-0.05, 0) is 72.1 Å². The van der Waals surface area contributed by atoms with Gasteiger partial charge in [-0.1, -0.05) is 40.7 Å². The second-order valence-corrected chi connectivity index (χ2v) is 10.6. The maximum Gasteiger partial charge on any atom is 0.122 e. The zero-order chi connectivity index (χ0) is 22.1. The first-order valence-electron chi connectivity index (χ1n) is 11.5. The Hall–Kier alpha value is -2.73. The van der Waals surface area contributed by atoms with Crippen molar-refractivity contribution in [3.8, 4) is 11.8 Å². The standard InChI is InChI=1S/C28H32N2O/c1-16(2)25-18-8-12-24-27(3,4)26-20(19-13-17(15-29)7-10-22(19)30-26)14-28(24,5)21(18)9-11-23(25)31-6/h7,9-11,13,16,24,30H,8,12,14H2,1-6H3/t24-,28+/m0/s1. The molecule has 3 nitrogen and oxygen atoms in total. The summed E-state index contributed by atoms with van der Waals surface area (Å²) in [4.78, 5) is 3.75. The zero-order valence-corrected chi connectivity index (χ0v) is 19.5. The Kier molecular flexibility index (Phi) is 4.32. The number of fused-ring (bicyclic) bond motifs is 6. The number of rotatable bonds is 2. The summed E-state index contributed by atoms with van der Waals surface area (Å²) in [5.74, 6) is 2.01. The van der Waals surface area contributed by atoms with Crippen molar-refractivity contribution in [2.75, 3.05) is 7.11 Å². The van der Waals surface area contributed by atoms with Crippen LogP contribution in [0.3, 0.4) is 0 Å². The smallest absolute Gasteiger partial charge is 0.122 e. The van der Waals surface area contributed by atoms with Crippen LogP contribution in [0.2, 0.25) is 0 Å². The highest BCUT2D eigenvalue weighted by Crippen LogP contribution is 2.58. The third-order valence-electron chi connectivity index (χ3n) is 8.28. The van der Waals surface area contributed by atoms with Gasteiger partial charge >= 0.3 is 0 Å². The lowest BCUT2D eigenvalue weighted by atomic mass is 9.49. The van der Waals surface area contributed by atoms with Gasteiger partial charge in [0.15, 0.2) is 0 Å². The van der Waals surface area contributed by atoms with Gasteiger partial charge in [0.2, 0.25) is 0 Å². The average Bonchev–Trinajstić information content (AvgIpc) is 3.10. The topological polar surface area (TPSA) is 48.8 Å². The van der Waals surface area contributed by atoms with E-state index in [0.717, 1.165) is 29.7 Å². The number of H-pyrrole nitrogens is 1. The summed E-state index contributed by atoms with van der Waals surface area (Å²) < 4.78 is 5.77.